The molecule has 2 N–H and O–H groups in total. The second-order valence-electron chi connectivity index (χ2n) is 5.17. The third kappa shape index (κ3) is 4.44. The van der Waals surface area contributed by atoms with Gasteiger partial charge in [0.1, 0.15) is 0 Å². The van der Waals surface area contributed by atoms with E-state index in [-0.39, 0.29) is 5.91 Å². The molecule has 0 radical (unpaired) electrons. The van der Waals surface area contributed by atoms with Gasteiger partial charge in [-0.1, -0.05) is 36.4 Å². The SMILES string of the molecule is O=C(Nc1ccc(NCCc2ccccc2)cc1)c1cccs1. The summed E-state index contributed by atoms with van der Waals surface area (Å²) in [6.45, 7) is 0.880. The Balaban J connectivity index is 1.50. The number of hydrogen-bond acceptors (Lipinski definition) is 3. The molecule has 0 aliphatic carbocycles. The predicted octanol–water partition coefficient (Wildman–Crippen LogP) is 4.66. The van der Waals surface area contributed by atoms with Crippen LogP contribution in [0.5, 0.6) is 0 Å². The number of carbonyl (C=O) groups is 1. The maximum atomic E-state index is 12.0. The van der Waals surface area contributed by atoms with Crippen molar-refractivity contribution in [1.82, 2.24) is 0 Å². The number of carbonyl (C=O) groups excluding carboxylic acids is 1. The van der Waals surface area contributed by atoms with E-state index in [0.29, 0.717) is 0 Å². The van der Waals surface area contributed by atoms with Gasteiger partial charge in [-0.3, -0.25) is 4.79 Å². The Morgan fingerprint density at radius 1 is 0.870 bits per heavy atom. The summed E-state index contributed by atoms with van der Waals surface area (Å²) in [5.74, 6) is -0.0650. The van der Waals surface area contributed by atoms with Crippen molar-refractivity contribution >= 4 is 28.6 Å². The summed E-state index contributed by atoms with van der Waals surface area (Å²) in [7, 11) is 0. The first-order valence-corrected chi connectivity index (χ1v) is 8.42. The van der Waals surface area contributed by atoms with Gasteiger partial charge in [0.2, 0.25) is 0 Å². The van der Waals surface area contributed by atoms with Crippen molar-refractivity contribution in [2.45, 2.75) is 6.42 Å². The van der Waals surface area contributed by atoms with E-state index in [4.69, 9.17) is 0 Å². The first-order valence-electron chi connectivity index (χ1n) is 7.54. The van der Waals surface area contributed by atoms with Crippen LogP contribution in [0.3, 0.4) is 0 Å². The highest BCUT2D eigenvalue weighted by atomic mass is 32.1. The van der Waals surface area contributed by atoms with Crippen molar-refractivity contribution in [3.63, 3.8) is 0 Å². The maximum Gasteiger partial charge on any atom is 0.265 e. The van der Waals surface area contributed by atoms with Crippen molar-refractivity contribution < 1.29 is 4.79 Å². The number of thiophene rings is 1. The van der Waals surface area contributed by atoms with Gasteiger partial charge in [-0.05, 0) is 47.7 Å². The molecule has 116 valence electrons. The Bertz CT molecular complexity index is 737. The van der Waals surface area contributed by atoms with Crippen LogP contribution in [-0.4, -0.2) is 12.5 Å². The highest BCUT2D eigenvalue weighted by Gasteiger charge is 2.06. The fourth-order valence-corrected chi connectivity index (χ4v) is 2.89. The molecule has 0 unspecified atom stereocenters. The van der Waals surface area contributed by atoms with E-state index >= 15 is 0 Å². The summed E-state index contributed by atoms with van der Waals surface area (Å²) >= 11 is 1.44. The van der Waals surface area contributed by atoms with E-state index in [1.165, 1.54) is 16.9 Å². The average Bonchev–Trinajstić information content (AvgIpc) is 3.12. The Kier molecular flexibility index (Phi) is 5.06. The molecule has 0 spiro atoms. The topological polar surface area (TPSA) is 41.1 Å². The average molecular weight is 322 g/mol. The Morgan fingerprint density at radius 2 is 1.61 bits per heavy atom. The highest BCUT2D eigenvalue weighted by Crippen LogP contribution is 2.16. The lowest BCUT2D eigenvalue weighted by atomic mass is 10.1. The lowest BCUT2D eigenvalue weighted by Gasteiger charge is -2.08. The van der Waals surface area contributed by atoms with Crippen molar-refractivity contribution in [2.75, 3.05) is 17.2 Å². The lowest BCUT2D eigenvalue weighted by Crippen LogP contribution is -2.10. The Hall–Kier alpha value is -2.59. The van der Waals surface area contributed by atoms with Crippen molar-refractivity contribution in [2.24, 2.45) is 0 Å². The third-order valence-electron chi connectivity index (χ3n) is 3.47. The summed E-state index contributed by atoms with van der Waals surface area (Å²) in [5.41, 5.74) is 3.17. The van der Waals surface area contributed by atoms with E-state index in [2.05, 4.69) is 34.9 Å². The zero-order valence-corrected chi connectivity index (χ0v) is 13.5. The molecule has 3 nitrogen and oxygen atoms in total. The minimum atomic E-state index is -0.0650. The molecule has 0 aliphatic heterocycles. The quantitative estimate of drug-likeness (QED) is 0.693. The lowest BCUT2D eigenvalue weighted by molar-refractivity contribution is 0.103. The van der Waals surface area contributed by atoms with E-state index in [1.54, 1.807) is 0 Å². The van der Waals surface area contributed by atoms with Crippen LogP contribution in [0, 0.1) is 0 Å². The molecular weight excluding hydrogens is 304 g/mol. The van der Waals surface area contributed by atoms with Gasteiger partial charge in [-0.2, -0.15) is 0 Å². The van der Waals surface area contributed by atoms with Gasteiger partial charge in [0.25, 0.3) is 5.91 Å². The zero-order chi connectivity index (χ0) is 15.9. The molecule has 0 aliphatic rings. The molecule has 0 fully saturated rings. The van der Waals surface area contributed by atoms with Gasteiger partial charge in [-0.15, -0.1) is 11.3 Å². The number of amides is 1. The molecule has 0 saturated heterocycles. The van der Waals surface area contributed by atoms with Crippen LogP contribution >= 0.6 is 11.3 Å². The second-order valence-corrected chi connectivity index (χ2v) is 6.12. The Labute approximate surface area is 140 Å². The van der Waals surface area contributed by atoms with Crippen LogP contribution < -0.4 is 10.6 Å². The summed E-state index contributed by atoms with van der Waals surface area (Å²) in [4.78, 5) is 12.7. The van der Waals surface area contributed by atoms with Crippen LogP contribution in [0.2, 0.25) is 0 Å². The largest absolute Gasteiger partial charge is 0.385 e. The first-order chi connectivity index (χ1) is 11.3. The van der Waals surface area contributed by atoms with Crippen LogP contribution in [0.4, 0.5) is 11.4 Å². The molecule has 1 aromatic heterocycles. The fourth-order valence-electron chi connectivity index (χ4n) is 2.27. The Morgan fingerprint density at radius 3 is 2.30 bits per heavy atom. The standard InChI is InChI=1S/C19H18N2OS/c22-19(18-7-4-14-23-18)21-17-10-8-16(9-11-17)20-13-12-15-5-2-1-3-6-15/h1-11,14,20H,12-13H2,(H,21,22). The third-order valence-corrected chi connectivity index (χ3v) is 4.34. The molecule has 3 aromatic rings. The van der Waals surface area contributed by atoms with Crippen molar-refractivity contribution in [3.05, 3.63) is 82.6 Å². The minimum Gasteiger partial charge on any atom is -0.385 e. The number of benzene rings is 2. The highest BCUT2D eigenvalue weighted by molar-refractivity contribution is 7.12. The van der Waals surface area contributed by atoms with Gasteiger partial charge in [0, 0.05) is 17.9 Å². The number of nitrogens with one attached hydrogen (secondary N) is 2. The molecule has 0 saturated carbocycles. The maximum absolute atomic E-state index is 12.0. The monoisotopic (exact) mass is 322 g/mol. The van der Waals surface area contributed by atoms with Crippen molar-refractivity contribution in [1.29, 1.82) is 0 Å². The molecule has 2 aromatic carbocycles. The molecular formula is C19H18N2OS. The fraction of sp³-hybridized carbons (Fsp3) is 0.105. The predicted molar refractivity (Wildman–Crippen MR) is 97.3 cm³/mol. The first kappa shape index (κ1) is 15.3. The van der Waals surface area contributed by atoms with Gasteiger partial charge >= 0.3 is 0 Å². The second kappa shape index (κ2) is 7.61. The van der Waals surface area contributed by atoms with Gasteiger partial charge in [0.05, 0.1) is 4.88 Å². The van der Waals surface area contributed by atoms with Crippen LogP contribution in [0.1, 0.15) is 15.2 Å². The summed E-state index contributed by atoms with van der Waals surface area (Å²) < 4.78 is 0. The molecule has 1 heterocycles. The zero-order valence-electron chi connectivity index (χ0n) is 12.7. The van der Waals surface area contributed by atoms with Crippen LogP contribution in [0.15, 0.2) is 72.1 Å². The normalized spacial score (nSPS) is 10.3. The molecule has 3 rings (SSSR count). The van der Waals surface area contributed by atoms with E-state index < -0.39 is 0 Å². The van der Waals surface area contributed by atoms with E-state index in [0.717, 1.165) is 29.2 Å². The van der Waals surface area contributed by atoms with Crippen LogP contribution in [0.25, 0.3) is 0 Å². The summed E-state index contributed by atoms with van der Waals surface area (Å²) in [6, 6.07) is 21.9. The summed E-state index contributed by atoms with van der Waals surface area (Å²) in [5, 5.41) is 8.19. The van der Waals surface area contributed by atoms with E-state index in [9.17, 15) is 4.79 Å². The van der Waals surface area contributed by atoms with Gasteiger partial charge in [-0.25, -0.2) is 0 Å². The van der Waals surface area contributed by atoms with Crippen molar-refractivity contribution in [3.8, 4) is 0 Å². The number of anilines is 2. The molecule has 0 bridgehead atoms. The molecule has 4 heteroatoms. The number of rotatable bonds is 6. The number of hydrogen-bond donors (Lipinski definition) is 2. The summed E-state index contributed by atoms with van der Waals surface area (Å²) in [6.07, 6.45) is 0.984. The molecule has 23 heavy (non-hydrogen) atoms. The van der Waals surface area contributed by atoms with Gasteiger partial charge < -0.3 is 10.6 Å². The molecule has 1 amide bonds. The smallest absolute Gasteiger partial charge is 0.265 e. The minimum absolute atomic E-state index is 0.0650. The van der Waals surface area contributed by atoms with Crippen LogP contribution in [-0.2, 0) is 6.42 Å². The van der Waals surface area contributed by atoms with Gasteiger partial charge in [0.15, 0.2) is 0 Å². The van der Waals surface area contributed by atoms with E-state index in [1.807, 2.05) is 47.8 Å². The molecule has 0 atom stereocenters.